The van der Waals surface area contributed by atoms with E-state index in [0.717, 1.165) is 11.3 Å². The molecule has 1 amide bonds. The van der Waals surface area contributed by atoms with Crippen LogP contribution in [-0.4, -0.2) is 17.5 Å². The van der Waals surface area contributed by atoms with Crippen LogP contribution in [0.4, 0.5) is 5.69 Å². The number of anilines is 1. The number of nitrogens with zero attached hydrogens (tertiary/aromatic N) is 1. The van der Waals surface area contributed by atoms with Crippen molar-refractivity contribution in [2.24, 2.45) is 0 Å². The quantitative estimate of drug-likeness (QED) is 0.858. The fourth-order valence-corrected chi connectivity index (χ4v) is 2.66. The lowest BCUT2D eigenvalue weighted by molar-refractivity contribution is -0.118. The largest absolute Gasteiger partial charge is 0.493 e. The zero-order valence-corrected chi connectivity index (χ0v) is 12.3. The maximum absolute atomic E-state index is 12.5. The molecule has 1 aromatic heterocycles. The van der Waals surface area contributed by atoms with Crippen LogP contribution in [0.1, 0.15) is 17.9 Å². The van der Waals surface area contributed by atoms with E-state index < -0.39 is 0 Å². The molecule has 3 rings (SSSR count). The highest BCUT2D eigenvalue weighted by atomic mass is 79.9. The first kappa shape index (κ1) is 13.1. The molecular weight excluding hydrogens is 320 g/mol. The fourth-order valence-electron chi connectivity index (χ4n) is 2.31. The topological polar surface area (TPSA) is 51.2 Å². The number of halogens is 1. The fraction of sp³-hybridized carbons (Fsp3) is 0.200. The molecule has 1 unspecified atom stereocenters. The predicted octanol–water partition coefficient (Wildman–Crippen LogP) is 3.35. The van der Waals surface area contributed by atoms with Crippen molar-refractivity contribution in [3.8, 4) is 5.75 Å². The predicted molar refractivity (Wildman–Crippen MR) is 79.9 cm³/mol. The van der Waals surface area contributed by atoms with E-state index in [1.807, 2.05) is 30.3 Å². The Labute approximate surface area is 125 Å². The Hall–Kier alpha value is -1.88. The average molecular weight is 333 g/mol. The summed E-state index contributed by atoms with van der Waals surface area (Å²) in [5, 5.41) is 2.92. The van der Waals surface area contributed by atoms with Gasteiger partial charge in [0.2, 0.25) is 5.91 Å². The number of para-hydroxylation sites is 1. The molecule has 0 aliphatic carbocycles. The lowest BCUT2D eigenvalue weighted by Gasteiger charge is -2.25. The number of ether oxygens (including phenoxy) is 1. The number of amides is 1. The summed E-state index contributed by atoms with van der Waals surface area (Å²) in [5.41, 5.74) is 1.62. The van der Waals surface area contributed by atoms with Gasteiger partial charge in [0.05, 0.1) is 18.2 Å². The standard InChI is InChI=1S/C15H13BrN2O2/c16-14-12(5-3-8-17-14)18-15(19)11-7-9-20-13-6-2-1-4-10(11)13/h1-6,8,11H,7,9H2,(H,18,19). The minimum absolute atomic E-state index is 0.0329. The highest BCUT2D eigenvalue weighted by Gasteiger charge is 2.27. The van der Waals surface area contributed by atoms with Crippen molar-refractivity contribution in [1.29, 1.82) is 0 Å². The van der Waals surface area contributed by atoms with Gasteiger partial charge in [0, 0.05) is 11.8 Å². The van der Waals surface area contributed by atoms with Crippen LogP contribution in [0, 0.1) is 0 Å². The number of hydrogen-bond acceptors (Lipinski definition) is 3. The van der Waals surface area contributed by atoms with Gasteiger partial charge in [0.25, 0.3) is 0 Å². The number of rotatable bonds is 2. The number of carbonyl (C=O) groups excluding carboxylic acids is 1. The van der Waals surface area contributed by atoms with Gasteiger partial charge in [-0.2, -0.15) is 0 Å². The minimum Gasteiger partial charge on any atom is -0.493 e. The van der Waals surface area contributed by atoms with Gasteiger partial charge in [-0.25, -0.2) is 4.98 Å². The molecule has 0 spiro atoms. The Bertz CT molecular complexity index is 645. The lowest BCUT2D eigenvalue weighted by atomic mass is 9.92. The first-order valence-electron chi connectivity index (χ1n) is 6.39. The van der Waals surface area contributed by atoms with Crippen molar-refractivity contribution >= 4 is 27.5 Å². The second-order valence-corrected chi connectivity index (χ2v) is 5.31. The van der Waals surface area contributed by atoms with E-state index in [9.17, 15) is 4.79 Å². The summed E-state index contributed by atoms with van der Waals surface area (Å²) >= 11 is 3.33. The highest BCUT2D eigenvalue weighted by Crippen LogP contribution is 2.34. The Balaban J connectivity index is 1.84. The van der Waals surface area contributed by atoms with Gasteiger partial charge in [-0.3, -0.25) is 4.79 Å². The smallest absolute Gasteiger partial charge is 0.232 e. The second-order valence-electron chi connectivity index (χ2n) is 4.56. The van der Waals surface area contributed by atoms with Crippen molar-refractivity contribution in [2.75, 3.05) is 11.9 Å². The molecule has 20 heavy (non-hydrogen) atoms. The zero-order valence-electron chi connectivity index (χ0n) is 10.7. The van der Waals surface area contributed by atoms with Crippen molar-refractivity contribution in [3.63, 3.8) is 0 Å². The molecular formula is C15H13BrN2O2. The van der Waals surface area contributed by atoms with Crippen molar-refractivity contribution in [2.45, 2.75) is 12.3 Å². The van der Waals surface area contributed by atoms with E-state index >= 15 is 0 Å². The number of carbonyl (C=O) groups is 1. The Kier molecular flexibility index (Phi) is 3.69. The van der Waals surface area contributed by atoms with E-state index in [1.165, 1.54) is 0 Å². The van der Waals surface area contributed by atoms with E-state index in [4.69, 9.17) is 4.74 Å². The number of aromatic nitrogens is 1. The molecule has 4 nitrogen and oxygen atoms in total. The van der Waals surface area contributed by atoms with Gasteiger partial charge < -0.3 is 10.1 Å². The number of pyridine rings is 1. The van der Waals surface area contributed by atoms with Crippen molar-refractivity contribution in [3.05, 3.63) is 52.8 Å². The van der Waals surface area contributed by atoms with Gasteiger partial charge in [0.15, 0.2) is 0 Å². The minimum atomic E-state index is -0.188. The molecule has 0 bridgehead atoms. The van der Waals surface area contributed by atoms with Crippen LogP contribution in [0.25, 0.3) is 0 Å². The summed E-state index contributed by atoms with van der Waals surface area (Å²) in [6, 6.07) is 11.3. The molecule has 102 valence electrons. The van der Waals surface area contributed by atoms with E-state index in [-0.39, 0.29) is 11.8 Å². The summed E-state index contributed by atoms with van der Waals surface area (Å²) in [6.07, 6.45) is 2.35. The van der Waals surface area contributed by atoms with Crippen LogP contribution in [0.2, 0.25) is 0 Å². The van der Waals surface area contributed by atoms with Crippen molar-refractivity contribution < 1.29 is 9.53 Å². The Morgan fingerprint density at radius 1 is 1.30 bits per heavy atom. The van der Waals surface area contributed by atoms with E-state index in [0.29, 0.717) is 23.3 Å². The Morgan fingerprint density at radius 2 is 2.15 bits per heavy atom. The van der Waals surface area contributed by atoms with Crippen LogP contribution < -0.4 is 10.1 Å². The number of fused-ring (bicyclic) bond motifs is 1. The number of benzene rings is 1. The lowest BCUT2D eigenvalue weighted by Crippen LogP contribution is -2.26. The van der Waals surface area contributed by atoms with Crippen LogP contribution in [0.3, 0.4) is 0 Å². The maximum atomic E-state index is 12.5. The molecule has 1 N–H and O–H groups in total. The molecule has 1 aliphatic rings. The maximum Gasteiger partial charge on any atom is 0.232 e. The molecule has 0 saturated carbocycles. The van der Waals surface area contributed by atoms with Gasteiger partial charge >= 0.3 is 0 Å². The summed E-state index contributed by atoms with van der Waals surface area (Å²) in [4.78, 5) is 16.6. The van der Waals surface area contributed by atoms with Gasteiger partial charge in [-0.05, 0) is 40.5 Å². The summed E-state index contributed by atoms with van der Waals surface area (Å²) in [5.74, 6) is 0.575. The molecule has 0 fully saturated rings. The molecule has 1 aromatic carbocycles. The first-order chi connectivity index (χ1) is 9.75. The van der Waals surface area contributed by atoms with Crippen LogP contribution >= 0.6 is 15.9 Å². The molecule has 1 aliphatic heterocycles. The molecule has 0 radical (unpaired) electrons. The molecule has 0 saturated heterocycles. The monoisotopic (exact) mass is 332 g/mol. The molecule has 2 heterocycles. The van der Waals surface area contributed by atoms with E-state index in [1.54, 1.807) is 12.3 Å². The average Bonchev–Trinajstić information content (AvgIpc) is 2.49. The Morgan fingerprint density at radius 3 is 3.00 bits per heavy atom. The molecule has 5 heteroatoms. The first-order valence-corrected chi connectivity index (χ1v) is 7.18. The number of hydrogen-bond donors (Lipinski definition) is 1. The summed E-state index contributed by atoms with van der Waals surface area (Å²) < 4.78 is 6.21. The third kappa shape index (κ3) is 2.54. The molecule has 1 atom stereocenters. The third-order valence-electron chi connectivity index (χ3n) is 3.29. The van der Waals surface area contributed by atoms with Crippen LogP contribution in [0.15, 0.2) is 47.2 Å². The summed E-state index contributed by atoms with van der Waals surface area (Å²) in [7, 11) is 0. The van der Waals surface area contributed by atoms with E-state index in [2.05, 4.69) is 26.2 Å². The van der Waals surface area contributed by atoms with Gasteiger partial charge in [-0.1, -0.05) is 18.2 Å². The highest BCUT2D eigenvalue weighted by molar-refractivity contribution is 9.10. The summed E-state index contributed by atoms with van der Waals surface area (Å²) in [6.45, 7) is 0.559. The van der Waals surface area contributed by atoms with Crippen molar-refractivity contribution in [1.82, 2.24) is 4.98 Å². The normalized spacial score (nSPS) is 16.9. The van der Waals surface area contributed by atoms with Crippen LogP contribution in [0.5, 0.6) is 5.75 Å². The van der Waals surface area contributed by atoms with Gasteiger partial charge in [0.1, 0.15) is 10.4 Å². The van der Waals surface area contributed by atoms with Crippen LogP contribution in [-0.2, 0) is 4.79 Å². The third-order valence-corrected chi connectivity index (χ3v) is 3.92. The molecule has 2 aromatic rings. The zero-order chi connectivity index (χ0) is 13.9. The second kappa shape index (κ2) is 5.63. The van der Waals surface area contributed by atoms with Gasteiger partial charge in [-0.15, -0.1) is 0 Å². The SMILES string of the molecule is O=C(Nc1cccnc1Br)C1CCOc2ccccc21. The number of nitrogens with one attached hydrogen (secondary N) is 1.